The van der Waals surface area contributed by atoms with Crippen molar-refractivity contribution in [1.82, 2.24) is 4.90 Å². The minimum atomic E-state index is -4.03. The predicted molar refractivity (Wildman–Crippen MR) is 138 cm³/mol. The molecule has 0 aliphatic rings. The van der Waals surface area contributed by atoms with Crippen molar-refractivity contribution in [3.63, 3.8) is 0 Å². The number of sulfonamides is 1. The van der Waals surface area contributed by atoms with Crippen molar-refractivity contribution in [3.8, 4) is 0 Å². The van der Waals surface area contributed by atoms with E-state index in [0.717, 1.165) is 12.8 Å². The second-order valence-corrected chi connectivity index (χ2v) is 10.8. The van der Waals surface area contributed by atoms with Gasteiger partial charge < -0.3 is 15.5 Å². The molecule has 0 atom stereocenters. The first-order valence-corrected chi connectivity index (χ1v) is 13.2. The number of anilines is 3. The van der Waals surface area contributed by atoms with Crippen LogP contribution in [-0.2, 0) is 14.8 Å². The molecular weight excluding hydrogens is 495 g/mol. The molecule has 0 aromatic heterocycles. The molecule has 0 spiro atoms. The molecule has 2 aromatic carbocycles. The Labute approximate surface area is 211 Å². The van der Waals surface area contributed by atoms with Crippen molar-refractivity contribution in [2.24, 2.45) is 5.41 Å². The molecule has 0 saturated heterocycles. The Morgan fingerprint density at radius 1 is 0.943 bits per heavy atom. The average Bonchev–Trinajstić information content (AvgIpc) is 2.79. The number of benzene rings is 2. The lowest BCUT2D eigenvalue weighted by atomic mass is 9.94. The number of hydrogen-bond acceptors (Lipinski definition) is 4. The largest absolute Gasteiger partial charge is 0.326 e. The van der Waals surface area contributed by atoms with Crippen molar-refractivity contribution >= 4 is 50.6 Å². The number of hydrogen-bond donors (Lipinski definition) is 3. The highest BCUT2D eigenvalue weighted by atomic mass is 35.5. The molecule has 0 bridgehead atoms. The van der Waals surface area contributed by atoms with E-state index in [1.807, 2.05) is 13.8 Å². The lowest BCUT2D eigenvalue weighted by Crippen LogP contribution is -2.36. The maximum absolute atomic E-state index is 13.0. The third kappa shape index (κ3) is 7.83. The summed E-state index contributed by atoms with van der Waals surface area (Å²) in [5.74, 6) is -0.486. The van der Waals surface area contributed by atoms with Crippen molar-refractivity contribution < 1.29 is 22.4 Å². The van der Waals surface area contributed by atoms with Gasteiger partial charge in [-0.1, -0.05) is 25.4 Å². The van der Waals surface area contributed by atoms with Crippen LogP contribution in [0.15, 0.2) is 47.4 Å². The molecule has 2 rings (SSSR count). The summed E-state index contributed by atoms with van der Waals surface area (Å²) in [6, 6.07) is 9.83. The monoisotopic (exact) mass is 526 g/mol. The Morgan fingerprint density at radius 3 is 2.00 bits per heavy atom. The zero-order valence-corrected chi connectivity index (χ0v) is 21.9. The van der Waals surface area contributed by atoms with Crippen LogP contribution in [0, 0.1) is 5.41 Å². The van der Waals surface area contributed by atoms with Crippen molar-refractivity contribution in [1.29, 1.82) is 0 Å². The number of rotatable bonds is 11. The van der Waals surface area contributed by atoms with Crippen LogP contribution in [0.3, 0.4) is 0 Å². The van der Waals surface area contributed by atoms with Gasteiger partial charge in [0.25, 0.3) is 10.0 Å². The lowest BCUT2D eigenvalue weighted by Gasteiger charge is -2.22. The van der Waals surface area contributed by atoms with Gasteiger partial charge in [0.2, 0.25) is 5.91 Å². The van der Waals surface area contributed by atoms with Crippen LogP contribution in [-0.4, -0.2) is 45.0 Å². The van der Waals surface area contributed by atoms with E-state index in [4.69, 9.17) is 11.6 Å². The van der Waals surface area contributed by atoms with Gasteiger partial charge >= 0.3 is 6.03 Å². The van der Waals surface area contributed by atoms with Gasteiger partial charge in [0, 0.05) is 30.2 Å². The van der Waals surface area contributed by atoms with Gasteiger partial charge in [0.05, 0.1) is 10.4 Å². The van der Waals surface area contributed by atoms with Gasteiger partial charge in [-0.3, -0.25) is 9.52 Å². The number of urea groups is 1. The van der Waals surface area contributed by atoms with Crippen LogP contribution < -0.4 is 15.4 Å². The molecule has 35 heavy (non-hydrogen) atoms. The van der Waals surface area contributed by atoms with Crippen LogP contribution in [0.2, 0.25) is 5.02 Å². The summed E-state index contributed by atoms with van der Waals surface area (Å²) >= 11 is 6.24. The summed E-state index contributed by atoms with van der Waals surface area (Å²) < 4.78 is 41.1. The van der Waals surface area contributed by atoms with E-state index in [0.29, 0.717) is 24.5 Å². The summed E-state index contributed by atoms with van der Waals surface area (Å²) in [6.07, 6.45) is 1.64. The molecule has 0 saturated carbocycles. The number of carbonyl (C=O) groups is 2. The van der Waals surface area contributed by atoms with Crippen LogP contribution in [0.5, 0.6) is 0 Å². The number of nitrogens with zero attached hydrogens (tertiary/aromatic N) is 1. The van der Waals surface area contributed by atoms with Gasteiger partial charge in [-0.15, -0.1) is 0 Å². The van der Waals surface area contributed by atoms with Gasteiger partial charge in [0.1, 0.15) is 11.6 Å². The molecule has 0 unspecified atom stereocenters. The van der Waals surface area contributed by atoms with E-state index in [9.17, 15) is 22.4 Å². The van der Waals surface area contributed by atoms with Crippen LogP contribution >= 0.6 is 11.6 Å². The Morgan fingerprint density at radius 2 is 1.49 bits per heavy atom. The molecule has 11 heteroatoms. The number of amides is 3. The van der Waals surface area contributed by atoms with E-state index in [-0.39, 0.29) is 21.6 Å². The molecule has 8 nitrogen and oxygen atoms in total. The first kappa shape index (κ1) is 28.4. The highest BCUT2D eigenvalue weighted by molar-refractivity contribution is 7.92. The Bertz CT molecular complexity index is 1130. The summed E-state index contributed by atoms with van der Waals surface area (Å²) in [6.45, 7) is 7.34. The molecule has 3 N–H and O–H groups in total. The molecule has 2 aromatic rings. The van der Waals surface area contributed by atoms with E-state index >= 15 is 0 Å². The first-order chi connectivity index (χ1) is 16.4. The Hall–Kier alpha value is -2.85. The minimum Gasteiger partial charge on any atom is -0.326 e. The number of halogens is 2. The normalized spacial score (nSPS) is 11.6. The second-order valence-electron chi connectivity index (χ2n) is 8.72. The number of carbonyl (C=O) groups excluding carboxylic acids is 2. The van der Waals surface area contributed by atoms with Crippen LogP contribution in [0.4, 0.5) is 26.2 Å². The molecule has 3 amide bonds. The second kappa shape index (κ2) is 12.2. The van der Waals surface area contributed by atoms with E-state index in [1.54, 1.807) is 4.90 Å². The predicted octanol–water partition coefficient (Wildman–Crippen LogP) is 5.73. The third-order valence-corrected chi connectivity index (χ3v) is 6.95. The quantitative estimate of drug-likeness (QED) is 0.347. The molecule has 0 radical (unpaired) electrons. The molecule has 0 fully saturated rings. The zero-order valence-electron chi connectivity index (χ0n) is 20.3. The Kier molecular flexibility index (Phi) is 9.91. The van der Waals surface area contributed by atoms with E-state index in [1.165, 1.54) is 56.3 Å². The fourth-order valence-corrected chi connectivity index (χ4v) is 4.65. The highest BCUT2D eigenvalue weighted by Gasteiger charge is 2.27. The van der Waals surface area contributed by atoms with E-state index < -0.39 is 28.0 Å². The van der Waals surface area contributed by atoms with E-state index in [2.05, 4.69) is 15.4 Å². The van der Waals surface area contributed by atoms with Crippen LogP contribution in [0.25, 0.3) is 0 Å². The van der Waals surface area contributed by atoms with Gasteiger partial charge in [0.15, 0.2) is 0 Å². The van der Waals surface area contributed by atoms with Crippen molar-refractivity contribution in [3.05, 3.63) is 47.5 Å². The van der Waals surface area contributed by atoms with Crippen LogP contribution in [0.1, 0.15) is 40.5 Å². The van der Waals surface area contributed by atoms with Crippen molar-refractivity contribution in [2.75, 3.05) is 35.1 Å². The molecule has 0 aliphatic carbocycles. The zero-order chi connectivity index (χ0) is 26.2. The number of nitrogens with one attached hydrogen (secondary N) is 3. The summed E-state index contributed by atoms with van der Waals surface area (Å²) in [5, 5.41) is 5.29. The topological polar surface area (TPSA) is 108 Å². The van der Waals surface area contributed by atoms with Gasteiger partial charge in [-0.2, -0.15) is 0 Å². The summed E-state index contributed by atoms with van der Waals surface area (Å²) in [4.78, 5) is 26.1. The third-order valence-electron chi connectivity index (χ3n) is 5.09. The van der Waals surface area contributed by atoms with Gasteiger partial charge in [-0.25, -0.2) is 17.6 Å². The SMILES string of the molecule is CCCN(CCC)C(=O)Nc1ccc(S(=O)(=O)Nc2ccc(NC(=O)C(C)(C)CF)cc2)c(Cl)c1. The lowest BCUT2D eigenvalue weighted by molar-refractivity contribution is -0.124. The maximum Gasteiger partial charge on any atom is 0.321 e. The molecule has 0 heterocycles. The fourth-order valence-electron chi connectivity index (χ4n) is 3.05. The Balaban J connectivity index is 2.11. The first-order valence-electron chi connectivity index (χ1n) is 11.3. The summed E-state index contributed by atoms with van der Waals surface area (Å²) in [7, 11) is -4.03. The van der Waals surface area contributed by atoms with Crippen molar-refractivity contribution in [2.45, 2.75) is 45.4 Å². The summed E-state index contributed by atoms with van der Waals surface area (Å²) in [5.41, 5.74) is -0.145. The highest BCUT2D eigenvalue weighted by Crippen LogP contribution is 2.28. The average molecular weight is 527 g/mol. The molecular formula is C24H32ClFN4O4S. The molecule has 192 valence electrons. The minimum absolute atomic E-state index is 0.0508. The number of alkyl halides is 1. The van der Waals surface area contributed by atoms with Gasteiger partial charge in [-0.05, 0) is 69.2 Å². The standard InChI is InChI=1S/C24H32ClFN4O4S/c1-5-13-30(14-6-2)23(32)28-19-11-12-21(20(25)15-19)35(33,34)29-18-9-7-17(8-10-18)27-22(31)24(3,4)16-26/h7-12,15,29H,5-6,13-14,16H2,1-4H3,(H,27,31)(H,28,32). The smallest absolute Gasteiger partial charge is 0.321 e. The maximum atomic E-state index is 13.0. The molecule has 0 aliphatic heterocycles. The fraction of sp³-hybridized carbons (Fsp3) is 0.417.